The Balaban J connectivity index is 0. The van der Waals surface area contributed by atoms with Gasteiger partial charge in [-0.25, -0.2) is 4.57 Å². The van der Waals surface area contributed by atoms with Gasteiger partial charge in [0.2, 0.25) is 0 Å². The number of rotatable bonds is 6. The van der Waals surface area contributed by atoms with Gasteiger partial charge in [-0.15, -0.1) is 0 Å². The van der Waals surface area contributed by atoms with Crippen molar-refractivity contribution in [1.29, 1.82) is 0 Å². The molecule has 0 aliphatic heterocycles. The fourth-order valence-corrected chi connectivity index (χ4v) is 0.909. The summed E-state index contributed by atoms with van der Waals surface area (Å²) in [5.74, 6) is 0. The SMILES string of the molecule is CCCCCN.NCCOP(=O)(O)O. The number of nitrogens with two attached hydrogens (primary N) is 2. The molecule has 0 fully saturated rings. The van der Waals surface area contributed by atoms with Crippen LogP contribution in [0.25, 0.3) is 0 Å². The summed E-state index contributed by atoms with van der Waals surface area (Å²) in [4.78, 5) is 16.0. The Hall–Kier alpha value is 0.0300. The zero-order valence-electron chi connectivity index (χ0n) is 8.56. The summed E-state index contributed by atoms with van der Waals surface area (Å²) >= 11 is 0. The van der Waals surface area contributed by atoms with Gasteiger partial charge in [-0.2, -0.15) is 0 Å². The molecule has 0 aliphatic rings. The topological polar surface area (TPSA) is 119 Å². The monoisotopic (exact) mass is 228 g/mol. The van der Waals surface area contributed by atoms with Crippen molar-refractivity contribution < 1.29 is 18.9 Å². The molecule has 0 unspecified atom stereocenters. The lowest BCUT2D eigenvalue weighted by atomic mass is 10.3. The third-order valence-electron chi connectivity index (χ3n) is 1.18. The molecule has 0 heterocycles. The van der Waals surface area contributed by atoms with E-state index in [1.54, 1.807) is 0 Å². The first-order chi connectivity index (χ1) is 6.47. The third-order valence-corrected chi connectivity index (χ3v) is 1.70. The van der Waals surface area contributed by atoms with E-state index in [0.29, 0.717) is 0 Å². The van der Waals surface area contributed by atoms with Crippen LogP contribution >= 0.6 is 7.82 Å². The van der Waals surface area contributed by atoms with Crippen LogP contribution in [0.3, 0.4) is 0 Å². The average molecular weight is 228 g/mol. The van der Waals surface area contributed by atoms with Crippen LogP contribution in [-0.4, -0.2) is 29.5 Å². The lowest BCUT2D eigenvalue weighted by Crippen LogP contribution is -2.06. The van der Waals surface area contributed by atoms with Gasteiger partial charge in [0.25, 0.3) is 0 Å². The number of hydrogen-bond donors (Lipinski definition) is 4. The van der Waals surface area contributed by atoms with Crippen molar-refractivity contribution >= 4 is 7.82 Å². The summed E-state index contributed by atoms with van der Waals surface area (Å²) < 4.78 is 13.7. The van der Waals surface area contributed by atoms with E-state index >= 15 is 0 Å². The van der Waals surface area contributed by atoms with Gasteiger partial charge in [0, 0.05) is 6.54 Å². The molecule has 7 heteroatoms. The molecule has 0 rings (SSSR count). The number of hydrogen-bond acceptors (Lipinski definition) is 4. The Morgan fingerprint density at radius 2 is 1.79 bits per heavy atom. The molecule has 0 aromatic carbocycles. The fraction of sp³-hybridized carbons (Fsp3) is 1.00. The van der Waals surface area contributed by atoms with Crippen LogP contribution in [0.2, 0.25) is 0 Å². The second-order valence-electron chi connectivity index (χ2n) is 2.61. The number of unbranched alkanes of at least 4 members (excludes halogenated alkanes) is 2. The molecule has 6 nitrogen and oxygen atoms in total. The van der Waals surface area contributed by atoms with E-state index in [1.165, 1.54) is 19.3 Å². The molecule has 0 aromatic rings. The molecule has 0 bridgehead atoms. The van der Waals surface area contributed by atoms with E-state index in [4.69, 9.17) is 21.3 Å². The van der Waals surface area contributed by atoms with Crippen LogP contribution in [0.4, 0.5) is 0 Å². The number of phosphoric acid groups is 1. The van der Waals surface area contributed by atoms with Crippen LogP contribution in [0.15, 0.2) is 0 Å². The van der Waals surface area contributed by atoms with Crippen molar-refractivity contribution in [3.8, 4) is 0 Å². The minimum Gasteiger partial charge on any atom is -0.330 e. The highest BCUT2D eigenvalue weighted by molar-refractivity contribution is 7.46. The molecular weight excluding hydrogens is 207 g/mol. The highest BCUT2D eigenvalue weighted by Crippen LogP contribution is 2.34. The summed E-state index contributed by atoms with van der Waals surface area (Å²) in [7, 11) is -4.26. The van der Waals surface area contributed by atoms with Crippen LogP contribution in [0.1, 0.15) is 26.2 Å². The predicted octanol–water partition coefficient (Wildman–Crippen LogP) is 0.190. The van der Waals surface area contributed by atoms with E-state index in [0.717, 1.165) is 6.54 Å². The van der Waals surface area contributed by atoms with Crippen LogP contribution in [0.5, 0.6) is 0 Å². The van der Waals surface area contributed by atoms with E-state index < -0.39 is 7.82 Å². The Morgan fingerprint density at radius 3 is 1.93 bits per heavy atom. The summed E-state index contributed by atoms with van der Waals surface area (Å²) in [5, 5.41) is 0. The van der Waals surface area contributed by atoms with E-state index in [-0.39, 0.29) is 13.2 Å². The van der Waals surface area contributed by atoms with Crippen molar-refractivity contribution in [1.82, 2.24) is 0 Å². The third kappa shape index (κ3) is 22.7. The predicted molar refractivity (Wildman–Crippen MR) is 55.6 cm³/mol. The molecule has 0 atom stereocenters. The first-order valence-electron chi connectivity index (χ1n) is 4.58. The molecule has 0 aliphatic carbocycles. The summed E-state index contributed by atoms with van der Waals surface area (Å²) in [6.45, 7) is 3.04. The smallest absolute Gasteiger partial charge is 0.330 e. The molecular formula is C7H21N2O4P. The maximum Gasteiger partial charge on any atom is 0.469 e. The summed E-state index contributed by atoms with van der Waals surface area (Å²) in [5.41, 5.74) is 10.1. The second kappa shape index (κ2) is 11.1. The fourth-order valence-electron chi connectivity index (χ4n) is 0.566. The molecule has 0 radical (unpaired) electrons. The first kappa shape index (κ1) is 16.5. The Kier molecular flexibility index (Phi) is 13.1. The Morgan fingerprint density at radius 1 is 1.21 bits per heavy atom. The highest BCUT2D eigenvalue weighted by atomic mass is 31.2. The molecule has 6 N–H and O–H groups in total. The lowest BCUT2D eigenvalue weighted by molar-refractivity contribution is 0.202. The van der Waals surface area contributed by atoms with Crippen LogP contribution < -0.4 is 11.5 Å². The lowest BCUT2D eigenvalue weighted by Gasteiger charge is -2.00. The first-order valence-corrected chi connectivity index (χ1v) is 6.11. The standard InChI is InChI=1S/C5H13N.C2H8NO4P/c1-2-3-4-5-6;3-1-2-7-8(4,5)6/h2-6H2,1H3;1-3H2,(H2,4,5,6). The van der Waals surface area contributed by atoms with Gasteiger partial charge >= 0.3 is 7.82 Å². The van der Waals surface area contributed by atoms with E-state index in [2.05, 4.69) is 11.4 Å². The zero-order valence-corrected chi connectivity index (χ0v) is 9.45. The molecule has 0 saturated heterocycles. The molecule has 0 aromatic heterocycles. The molecule has 88 valence electrons. The molecule has 14 heavy (non-hydrogen) atoms. The maximum absolute atomic E-state index is 9.81. The summed E-state index contributed by atoms with van der Waals surface area (Å²) in [6, 6.07) is 0. The van der Waals surface area contributed by atoms with Gasteiger partial charge in [-0.05, 0) is 13.0 Å². The minimum absolute atomic E-state index is 0.107. The zero-order chi connectivity index (χ0) is 11.4. The Bertz CT molecular complexity index is 147. The molecule has 0 spiro atoms. The van der Waals surface area contributed by atoms with Gasteiger partial charge in [0.05, 0.1) is 6.61 Å². The summed E-state index contributed by atoms with van der Waals surface area (Å²) in [6.07, 6.45) is 3.75. The quantitative estimate of drug-likeness (QED) is 0.380. The Labute approximate surface area is 84.9 Å². The van der Waals surface area contributed by atoms with Gasteiger partial charge in [-0.3, -0.25) is 4.52 Å². The average Bonchev–Trinajstić information content (AvgIpc) is 2.11. The van der Waals surface area contributed by atoms with Crippen molar-refractivity contribution in [2.75, 3.05) is 19.7 Å². The highest BCUT2D eigenvalue weighted by Gasteiger charge is 2.11. The minimum atomic E-state index is -4.26. The maximum atomic E-state index is 9.81. The van der Waals surface area contributed by atoms with Gasteiger partial charge in [0.15, 0.2) is 0 Å². The van der Waals surface area contributed by atoms with Crippen molar-refractivity contribution in [2.45, 2.75) is 26.2 Å². The number of phosphoric ester groups is 1. The normalized spacial score (nSPS) is 10.6. The van der Waals surface area contributed by atoms with E-state index in [1.807, 2.05) is 0 Å². The molecule has 0 amide bonds. The van der Waals surface area contributed by atoms with E-state index in [9.17, 15) is 4.57 Å². The van der Waals surface area contributed by atoms with Crippen molar-refractivity contribution in [3.63, 3.8) is 0 Å². The van der Waals surface area contributed by atoms with Crippen LogP contribution in [-0.2, 0) is 9.09 Å². The molecule has 0 saturated carbocycles. The second-order valence-corrected chi connectivity index (χ2v) is 3.85. The van der Waals surface area contributed by atoms with Gasteiger partial charge < -0.3 is 21.3 Å². The largest absolute Gasteiger partial charge is 0.469 e. The van der Waals surface area contributed by atoms with Crippen molar-refractivity contribution in [2.24, 2.45) is 11.5 Å². The van der Waals surface area contributed by atoms with Gasteiger partial charge in [0.1, 0.15) is 0 Å². The van der Waals surface area contributed by atoms with Gasteiger partial charge in [-0.1, -0.05) is 19.8 Å². The van der Waals surface area contributed by atoms with Crippen molar-refractivity contribution in [3.05, 3.63) is 0 Å². The van der Waals surface area contributed by atoms with Crippen LogP contribution in [0, 0.1) is 0 Å².